The Labute approximate surface area is 70.1 Å². The minimum atomic E-state index is -0.695. The van der Waals surface area contributed by atoms with E-state index in [4.69, 9.17) is 33.4 Å². The first-order valence-corrected chi connectivity index (χ1v) is 3.94. The number of rotatable bonds is 4. The van der Waals surface area contributed by atoms with Crippen LogP contribution in [0.5, 0.6) is 0 Å². The smallest absolute Gasteiger partial charge is 0.0857 e. The summed E-state index contributed by atoms with van der Waals surface area (Å²) in [5, 5.41) is 17.7. The molecule has 0 aliphatic rings. The summed E-state index contributed by atoms with van der Waals surface area (Å²) in [6, 6.07) is 0. The molecule has 0 spiro atoms. The topological polar surface area (TPSA) is 40.5 Å². The van der Waals surface area contributed by atoms with E-state index in [0.717, 1.165) is 0 Å². The van der Waals surface area contributed by atoms with Crippen molar-refractivity contribution >= 4 is 23.2 Å². The van der Waals surface area contributed by atoms with E-state index in [1.54, 1.807) is 0 Å². The molecule has 0 rings (SSSR count). The Bertz CT molecular complexity index is 93.9. The van der Waals surface area contributed by atoms with Crippen molar-refractivity contribution < 1.29 is 10.2 Å². The first kappa shape index (κ1) is 10.2. The molecule has 0 radical (unpaired) electrons. The van der Waals surface area contributed by atoms with Crippen molar-refractivity contribution in [1.29, 1.82) is 0 Å². The molecule has 2 nitrogen and oxygen atoms in total. The van der Waals surface area contributed by atoms with Crippen LogP contribution in [0, 0.1) is 0 Å². The second kappa shape index (κ2) is 5.98. The Hall–Kier alpha value is 0.240. The number of alkyl halides is 2. The first-order chi connectivity index (χ1) is 4.70. The SMILES string of the molecule is O[C@@H](/C=C\[C@H](O)CCl)CCl. The van der Waals surface area contributed by atoms with Crippen LogP contribution in [0.2, 0.25) is 0 Å². The molecule has 4 heteroatoms. The van der Waals surface area contributed by atoms with Crippen LogP contribution in [0.25, 0.3) is 0 Å². The van der Waals surface area contributed by atoms with E-state index < -0.39 is 12.2 Å². The van der Waals surface area contributed by atoms with Gasteiger partial charge in [-0.1, -0.05) is 12.2 Å². The van der Waals surface area contributed by atoms with E-state index in [1.807, 2.05) is 0 Å². The van der Waals surface area contributed by atoms with E-state index in [9.17, 15) is 0 Å². The molecule has 2 N–H and O–H groups in total. The summed E-state index contributed by atoms with van der Waals surface area (Å²) in [6.45, 7) is 0. The van der Waals surface area contributed by atoms with Crippen molar-refractivity contribution in [1.82, 2.24) is 0 Å². The van der Waals surface area contributed by atoms with Crippen LogP contribution in [0.3, 0.4) is 0 Å². The van der Waals surface area contributed by atoms with Crippen LogP contribution in [0.4, 0.5) is 0 Å². The summed E-state index contributed by atoms with van der Waals surface area (Å²) in [4.78, 5) is 0. The van der Waals surface area contributed by atoms with Gasteiger partial charge in [0, 0.05) is 0 Å². The van der Waals surface area contributed by atoms with Crippen molar-refractivity contribution in [2.75, 3.05) is 11.8 Å². The van der Waals surface area contributed by atoms with E-state index in [-0.39, 0.29) is 11.8 Å². The van der Waals surface area contributed by atoms with Gasteiger partial charge in [0.2, 0.25) is 0 Å². The number of aliphatic hydroxyl groups is 2. The molecule has 0 aromatic heterocycles. The number of hydrogen-bond acceptors (Lipinski definition) is 2. The summed E-state index contributed by atoms with van der Waals surface area (Å²) < 4.78 is 0. The van der Waals surface area contributed by atoms with Gasteiger partial charge in [-0.25, -0.2) is 0 Å². The monoisotopic (exact) mass is 184 g/mol. The van der Waals surface area contributed by atoms with E-state index in [2.05, 4.69) is 0 Å². The lowest BCUT2D eigenvalue weighted by Crippen LogP contribution is -2.08. The number of hydrogen-bond donors (Lipinski definition) is 2. The van der Waals surface area contributed by atoms with E-state index in [0.29, 0.717) is 0 Å². The quantitative estimate of drug-likeness (QED) is 0.501. The molecule has 10 heavy (non-hydrogen) atoms. The molecule has 0 aliphatic heterocycles. The Balaban J connectivity index is 3.52. The summed E-state index contributed by atoms with van der Waals surface area (Å²) in [5.41, 5.74) is 0. The standard InChI is InChI=1S/C6H10Cl2O2/c7-3-5(9)1-2-6(10)4-8/h1-2,5-6,9-10H,3-4H2/b2-1-/t5-,6-/m0/s1. The molecule has 0 fully saturated rings. The molecule has 0 heterocycles. The van der Waals surface area contributed by atoms with Crippen molar-refractivity contribution in [2.45, 2.75) is 12.2 Å². The fraction of sp³-hybridized carbons (Fsp3) is 0.667. The first-order valence-electron chi connectivity index (χ1n) is 2.87. The molecule has 0 bridgehead atoms. The average molecular weight is 185 g/mol. The van der Waals surface area contributed by atoms with Gasteiger partial charge in [0.05, 0.1) is 24.0 Å². The predicted molar refractivity (Wildman–Crippen MR) is 42.6 cm³/mol. The second-order valence-corrected chi connectivity index (χ2v) is 2.45. The highest BCUT2D eigenvalue weighted by molar-refractivity contribution is 6.18. The van der Waals surface area contributed by atoms with Crippen LogP contribution >= 0.6 is 23.2 Å². The minimum Gasteiger partial charge on any atom is -0.388 e. The lowest BCUT2D eigenvalue weighted by atomic mass is 10.3. The van der Waals surface area contributed by atoms with E-state index >= 15 is 0 Å². The lowest BCUT2D eigenvalue weighted by Gasteiger charge is -2.00. The molecular formula is C6H10Cl2O2. The van der Waals surface area contributed by atoms with Crippen molar-refractivity contribution in [2.24, 2.45) is 0 Å². The fourth-order valence-corrected chi connectivity index (χ4v) is 0.565. The maximum absolute atomic E-state index is 8.83. The third kappa shape index (κ3) is 5.06. The molecule has 2 atom stereocenters. The van der Waals surface area contributed by atoms with Crippen molar-refractivity contribution in [3.63, 3.8) is 0 Å². The molecule has 0 amide bonds. The van der Waals surface area contributed by atoms with Crippen molar-refractivity contribution in [3.8, 4) is 0 Å². The Kier molecular flexibility index (Phi) is 6.13. The Morgan fingerprint density at radius 2 is 1.30 bits per heavy atom. The van der Waals surface area contributed by atoms with Gasteiger partial charge in [-0.3, -0.25) is 0 Å². The summed E-state index contributed by atoms with van der Waals surface area (Å²) in [7, 11) is 0. The Morgan fingerprint density at radius 1 is 1.00 bits per heavy atom. The summed E-state index contributed by atoms with van der Waals surface area (Å²) in [5.74, 6) is 0.261. The highest BCUT2D eigenvalue weighted by Crippen LogP contribution is 1.94. The number of halogens is 2. The van der Waals surface area contributed by atoms with Crippen molar-refractivity contribution in [3.05, 3.63) is 12.2 Å². The van der Waals surface area contributed by atoms with Gasteiger partial charge in [-0.2, -0.15) is 0 Å². The molecule has 60 valence electrons. The molecule has 0 aliphatic carbocycles. The largest absolute Gasteiger partial charge is 0.388 e. The Morgan fingerprint density at radius 3 is 1.50 bits per heavy atom. The zero-order valence-electron chi connectivity index (χ0n) is 5.37. The van der Waals surface area contributed by atoms with Gasteiger partial charge in [0.15, 0.2) is 0 Å². The fourth-order valence-electron chi connectivity index (χ4n) is 0.359. The van der Waals surface area contributed by atoms with Crippen LogP contribution in [0.1, 0.15) is 0 Å². The van der Waals surface area contributed by atoms with Crippen LogP contribution < -0.4 is 0 Å². The highest BCUT2D eigenvalue weighted by Gasteiger charge is 1.97. The number of aliphatic hydroxyl groups excluding tert-OH is 2. The minimum absolute atomic E-state index is 0.130. The van der Waals surface area contributed by atoms with Gasteiger partial charge in [0.1, 0.15) is 0 Å². The molecule has 0 saturated heterocycles. The lowest BCUT2D eigenvalue weighted by molar-refractivity contribution is 0.231. The molecule has 0 saturated carbocycles. The van der Waals surface area contributed by atoms with Gasteiger partial charge in [-0.15, -0.1) is 23.2 Å². The molecule has 0 aromatic rings. The van der Waals surface area contributed by atoms with Gasteiger partial charge in [0.25, 0.3) is 0 Å². The normalized spacial score (nSPS) is 17.6. The highest BCUT2D eigenvalue weighted by atomic mass is 35.5. The zero-order chi connectivity index (χ0) is 7.98. The van der Waals surface area contributed by atoms with Crippen LogP contribution in [0.15, 0.2) is 12.2 Å². The third-order valence-electron chi connectivity index (χ3n) is 0.872. The molecule has 0 unspecified atom stereocenters. The predicted octanol–water partition coefficient (Wildman–Crippen LogP) is 0.742. The third-order valence-corrected chi connectivity index (χ3v) is 1.50. The second-order valence-electron chi connectivity index (χ2n) is 1.83. The van der Waals surface area contributed by atoms with Gasteiger partial charge < -0.3 is 10.2 Å². The van der Waals surface area contributed by atoms with Crippen LogP contribution in [-0.2, 0) is 0 Å². The maximum atomic E-state index is 8.83. The van der Waals surface area contributed by atoms with Crippen LogP contribution in [-0.4, -0.2) is 34.2 Å². The zero-order valence-corrected chi connectivity index (χ0v) is 6.89. The molecular weight excluding hydrogens is 175 g/mol. The summed E-state index contributed by atoms with van der Waals surface area (Å²) >= 11 is 10.5. The summed E-state index contributed by atoms with van der Waals surface area (Å²) in [6.07, 6.45) is 1.44. The van der Waals surface area contributed by atoms with Gasteiger partial charge >= 0.3 is 0 Å². The van der Waals surface area contributed by atoms with E-state index in [1.165, 1.54) is 12.2 Å². The average Bonchev–Trinajstić information content (AvgIpc) is 1.99. The molecule has 0 aromatic carbocycles. The maximum Gasteiger partial charge on any atom is 0.0857 e. The van der Waals surface area contributed by atoms with Gasteiger partial charge in [-0.05, 0) is 0 Å².